The van der Waals surface area contributed by atoms with Gasteiger partial charge in [0.2, 0.25) is 5.09 Å². The van der Waals surface area contributed by atoms with Crippen LogP contribution in [-0.4, -0.2) is 30.0 Å². The van der Waals surface area contributed by atoms with Crippen molar-refractivity contribution in [2.24, 2.45) is 5.10 Å². The second-order valence-electron chi connectivity index (χ2n) is 4.12. The van der Waals surface area contributed by atoms with E-state index in [0.29, 0.717) is 0 Å². The van der Waals surface area contributed by atoms with E-state index in [0.717, 1.165) is 18.3 Å². The third-order valence-electron chi connectivity index (χ3n) is 2.53. The molecular formula is C12H8N3O7S-. The summed E-state index contributed by atoms with van der Waals surface area (Å²) in [5.41, 5.74) is 1.84. The average molecular weight is 338 g/mol. The number of rotatable bonds is 5. The summed E-state index contributed by atoms with van der Waals surface area (Å²) in [6.45, 7) is 0. The Labute approximate surface area is 129 Å². The summed E-state index contributed by atoms with van der Waals surface area (Å²) in [5, 5.41) is 13.3. The fraction of sp³-hybridized carbons (Fsp3) is 0. The lowest BCUT2D eigenvalue weighted by Crippen LogP contribution is -2.17. The normalized spacial score (nSPS) is 11.5. The maximum absolute atomic E-state index is 11.8. The van der Waals surface area contributed by atoms with Crippen molar-refractivity contribution in [2.75, 3.05) is 0 Å². The summed E-state index contributed by atoms with van der Waals surface area (Å²) in [6, 6.07) is 7.12. The maximum Gasteiger partial charge on any atom is 0.271 e. The Balaban J connectivity index is 2.05. The summed E-state index contributed by atoms with van der Waals surface area (Å²) in [5.74, 6) is -0.785. The van der Waals surface area contributed by atoms with Crippen molar-refractivity contribution >= 4 is 27.9 Å². The molecule has 0 unspecified atom stereocenters. The molecule has 0 fully saturated rings. The summed E-state index contributed by atoms with van der Waals surface area (Å²) in [7, 11) is -4.71. The molecular weight excluding hydrogens is 330 g/mol. The molecule has 0 saturated heterocycles. The van der Waals surface area contributed by atoms with Gasteiger partial charge in [-0.2, -0.15) is 5.10 Å². The predicted molar refractivity (Wildman–Crippen MR) is 74.8 cm³/mol. The zero-order chi connectivity index (χ0) is 17.0. The smallest absolute Gasteiger partial charge is 0.271 e. The number of hydrazone groups is 1. The van der Waals surface area contributed by atoms with E-state index in [4.69, 9.17) is 4.42 Å². The number of nitrogens with zero attached hydrogens (tertiary/aromatic N) is 2. The van der Waals surface area contributed by atoms with E-state index >= 15 is 0 Å². The molecule has 1 amide bonds. The van der Waals surface area contributed by atoms with Crippen LogP contribution in [0.25, 0.3) is 0 Å². The molecule has 0 atom stereocenters. The zero-order valence-electron chi connectivity index (χ0n) is 11.2. The molecule has 2 rings (SSSR count). The molecule has 0 radical (unpaired) electrons. The highest BCUT2D eigenvalue weighted by molar-refractivity contribution is 7.85. The molecule has 1 aromatic carbocycles. The van der Waals surface area contributed by atoms with Crippen LogP contribution in [0.5, 0.6) is 0 Å². The molecule has 0 spiro atoms. The van der Waals surface area contributed by atoms with Gasteiger partial charge in [0.15, 0.2) is 10.1 Å². The van der Waals surface area contributed by atoms with Crippen LogP contribution in [0.1, 0.15) is 16.1 Å². The number of benzene rings is 1. The van der Waals surface area contributed by atoms with Crippen molar-refractivity contribution in [2.45, 2.75) is 5.09 Å². The van der Waals surface area contributed by atoms with Crippen molar-refractivity contribution in [1.29, 1.82) is 0 Å². The van der Waals surface area contributed by atoms with Gasteiger partial charge in [-0.25, -0.2) is 13.8 Å². The number of hydrogen-bond acceptors (Lipinski definition) is 8. The first kappa shape index (κ1) is 16.3. The average Bonchev–Trinajstić information content (AvgIpc) is 2.96. The summed E-state index contributed by atoms with van der Waals surface area (Å²) in [6.07, 6.45) is 0.976. The lowest BCUT2D eigenvalue weighted by Gasteiger charge is -2.00. The Hall–Kier alpha value is -3.05. The fourth-order valence-corrected chi connectivity index (χ4v) is 1.95. The molecule has 0 aliphatic rings. The first-order chi connectivity index (χ1) is 10.8. The van der Waals surface area contributed by atoms with Gasteiger partial charge >= 0.3 is 0 Å². The molecule has 0 aliphatic heterocycles. The summed E-state index contributed by atoms with van der Waals surface area (Å²) < 4.78 is 36.7. The third kappa shape index (κ3) is 4.21. The molecule has 0 saturated carbocycles. The monoisotopic (exact) mass is 338 g/mol. The highest BCUT2D eigenvalue weighted by Gasteiger charge is 2.11. The number of nitro groups is 1. The molecule has 10 nitrogen and oxygen atoms in total. The van der Waals surface area contributed by atoms with E-state index in [1.54, 1.807) is 0 Å². The lowest BCUT2D eigenvalue weighted by atomic mass is 10.2. The quantitative estimate of drug-likeness (QED) is 0.366. The second-order valence-corrected chi connectivity index (χ2v) is 5.43. The van der Waals surface area contributed by atoms with Crippen LogP contribution in [0, 0.1) is 10.1 Å². The van der Waals surface area contributed by atoms with Crippen molar-refractivity contribution in [3.8, 4) is 0 Å². The van der Waals surface area contributed by atoms with Crippen molar-refractivity contribution in [1.82, 2.24) is 5.43 Å². The van der Waals surface area contributed by atoms with Crippen molar-refractivity contribution < 1.29 is 27.1 Å². The number of amides is 1. The van der Waals surface area contributed by atoms with E-state index in [1.165, 1.54) is 24.3 Å². The molecule has 1 N–H and O–H groups in total. The van der Waals surface area contributed by atoms with Crippen LogP contribution in [-0.2, 0) is 10.1 Å². The number of carbonyl (C=O) groups is 1. The Morgan fingerprint density at radius 1 is 1.30 bits per heavy atom. The molecule has 0 aliphatic carbocycles. The Morgan fingerprint density at radius 3 is 2.65 bits per heavy atom. The Morgan fingerprint density at radius 2 is 2.04 bits per heavy atom. The fourth-order valence-electron chi connectivity index (χ4n) is 1.52. The van der Waals surface area contributed by atoms with Gasteiger partial charge in [0, 0.05) is 17.7 Å². The molecule has 23 heavy (non-hydrogen) atoms. The number of nitro benzene ring substituents is 1. The third-order valence-corrected chi connectivity index (χ3v) is 3.24. The van der Waals surface area contributed by atoms with Gasteiger partial charge in [-0.05, 0) is 18.2 Å². The van der Waals surface area contributed by atoms with Crippen LogP contribution in [0.15, 0.2) is 51.0 Å². The highest BCUT2D eigenvalue weighted by Crippen LogP contribution is 2.13. The summed E-state index contributed by atoms with van der Waals surface area (Å²) >= 11 is 0. The highest BCUT2D eigenvalue weighted by atomic mass is 32.2. The minimum absolute atomic E-state index is 0.0126. The van der Waals surface area contributed by atoms with Gasteiger partial charge in [-0.15, -0.1) is 0 Å². The van der Waals surface area contributed by atoms with E-state index in [2.05, 4.69) is 10.5 Å². The van der Waals surface area contributed by atoms with E-state index in [-0.39, 0.29) is 17.0 Å². The Kier molecular flexibility index (Phi) is 4.52. The van der Waals surface area contributed by atoms with E-state index in [9.17, 15) is 27.9 Å². The van der Waals surface area contributed by atoms with Crippen LogP contribution in [0.3, 0.4) is 0 Å². The summed E-state index contributed by atoms with van der Waals surface area (Å²) in [4.78, 5) is 21.7. The minimum atomic E-state index is -4.71. The van der Waals surface area contributed by atoms with Crippen LogP contribution < -0.4 is 5.43 Å². The number of nitrogens with one attached hydrogen (secondary N) is 1. The number of carbonyl (C=O) groups excluding carboxylic acids is 1. The van der Waals surface area contributed by atoms with E-state index < -0.39 is 26.0 Å². The topological polar surface area (TPSA) is 155 Å². The number of non-ortho nitro benzene ring substituents is 1. The molecule has 1 aromatic heterocycles. The molecule has 2 aromatic rings. The number of furan rings is 1. The van der Waals surface area contributed by atoms with Crippen LogP contribution in [0.2, 0.25) is 0 Å². The molecule has 1 heterocycles. The van der Waals surface area contributed by atoms with Gasteiger partial charge < -0.3 is 8.97 Å². The van der Waals surface area contributed by atoms with Gasteiger partial charge in [0.25, 0.3) is 11.6 Å². The number of hydrogen-bond donors (Lipinski definition) is 1. The minimum Gasteiger partial charge on any atom is -0.742 e. The lowest BCUT2D eigenvalue weighted by molar-refractivity contribution is -0.384. The SMILES string of the molecule is O=C(NN=Cc1ccc(S(=O)(=O)[O-])o1)c1cccc([N+](=O)[O-])c1. The Bertz CT molecular complexity index is 886. The van der Waals surface area contributed by atoms with Crippen LogP contribution in [0.4, 0.5) is 5.69 Å². The standard InChI is InChI=1S/C12H9N3O7S/c16-12(8-2-1-3-9(6-8)15(17)18)14-13-7-10-4-5-11(22-10)23(19,20)21/h1-7H,(H,14,16)(H,19,20,21)/p-1. The van der Waals surface area contributed by atoms with Crippen LogP contribution >= 0.6 is 0 Å². The predicted octanol–water partition coefficient (Wildman–Crippen LogP) is 0.856. The molecule has 120 valence electrons. The first-order valence-corrected chi connectivity index (χ1v) is 7.32. The molecule has 0 bridgehead atoms. The van der Waals surface area contributed by atoms with Crippen molar-refractivity contribution in [3.05, 3.63) is 57.8 Å². The largest absolute Gasteiger partial charge is 0.742 e. The second kappa shape index (κ2) is 6.37. The van der Waals surface area contributed by atoms with Gasteiger partial charge in [0.1, 0.15) is 5.76 Å². The van der Waals surface area contributed by atoms with Gasteiger partial charge in [0.05, 0.1) is 11.1 Å². The van der Waals surface area contributed by atoms with Gasteiger partial charge in [-0.1, -0.05) is 6.07 Å². The zero-order valence-corrected chi connectivity index (χ0v) is 12.0. The first-order valence-electron chi connectivity index (χ1n) is 5.91. The van der Waals surface area contributed by atoms with Crippen molar-refractivity contribution in [3.63, 3.8) is 0 Å². The maximum atomic E-state index is 11.8. The molecule has 11 heteroatoms. The van der Waals surface area contributed by atoms with E-state index in [1.807, 2.05) is 0 Å². The van der Waals surface area contributed by atoms with Gasteiger partial charge in [-0.3, -0.25) is 14.9 Å².